The van der Waals surface area contributed by atoms with E-state index in [1.807, 2.05) is 24.3 Å². The molecule has 0 radical (unpaired) electrons. The number of piperazine rings is 1. The molecule has 4 aromatic rings. The van der Waals surface area contributed by atoms with Gasteiger partial charge in [-0.25, -0.2) is 4.98 Å². The Hall–Kier alpha value is -3.36. The minimum absolute atomic E-state index is 0.224. The minimum atomic E-state index is -0.224. The molecule has 32 heavy (non-hydrogen) atoms. The quantitative estimate of drug-likeness (QED) is 0.512. The van der Waals surface area contributed by atoms with Gasteiger partial charge in [0.15, 0.2) is 0 Å². The highest BCUT2D eigenvalue weighted by Crippen LogP contribution is 2.32. The molecule has 1 aliphatic rings. The van der Waals surface area contributed by atoms with Crippen LogP contribution in [-0.4, -0.2) is 59.0 Å². The van der Waals surface area contributed by atoms with E-state index in [1.54, 1.807) is 29.9 Å². The second-order valence-corrected chi connectivity index (χ2v) is 8.78. The van der Waals surface area contributed by atoms with Crippen LogP contribution in [-0.2, 0) is 0 Å². The summed E-state index contributed by atoms with van der Waals surface area (Å²) in [6.07, 6.45) is 4.99. The highest BCUT2D eigenvalue weighted by atomic mass is 32.1. The third-order valence-corrected chi connectivity index (χ3v) is 6.71. The number of fused-ring (bicyclic) bond motifs is 1. The molecule has 1 saturated heterocycles. The Labute approximate surface area is 190 Å². The average molecular weight is 445 g/mol. The number of benzene rings is 1. The number of thiophene rings is 1. The molecule has 0 saturated carbocycles. The number of aromatic nitrogens is 3. The Morgan fingerprint density at radius 2 is 1.72 bits per heavy atom. The lowest BCUT2D eigenvalue weighted by Gasteiger charge is -2.33. The van der Waals surface area contributed by atoms with Crippen molar-refractivity contribution in [2.75, 3.05) is 43.4 Å². The van der Waals surface area contributed by atoms with Gasteiger partial charge in [0.2, 0.25) is 0 Å². The summed E-state index contributed by atoms with van der Waals surface area (Å²) in [6.45, 7) is 6.03. The van der Waals surface area contributed by atoms with Crippen molar-refractivity contribution in [2.45, 2.75) is 6.92 Å². The monoisotopic (exact) mass is 444 g/mol. The number of hydrogen-bond donors (Lipinski definition) is 1. The number of anilines is 2. The van der Waals surface area contributed by atoms with Gasteiger partial charge >= 0.3 is 0 Å². The van der Waals surface area contributed by atoms with Crippen molar-refractivity contribution in [1.82, 2.24) is 19.9 Å². The summed E-state index contributed by atoms with van der Waals surface area (Å²) in [5.41, 5.74) is 5.76. The van der Waals surface area contributed by atoms with Gasteiger partial charge in [0.1, 0.15) is 11.3 Å². The van der Waals surface area contributed by atoms with Crippen LogP contribution in [0, 0.1) is 6.92 Å². The van der Waals surface area contributed by atoms with Crippen molar-refractivity contribution < 1.29 is 4.79 Å². The standard InChI is InChI=1S/C24H24N6OS/c1-16-14-32-15-20(16)18-4-5-19(23-22(18)25-7-8-26-23)24(31)28-17-3-6-21(27-13-17)30-11-9-29(2)10-12-30/h3-8,13-15H,9-12H2,1-2H3,(H,28,31). The Morgan fingerprint density at radius 3 is 2.41 bits per heavy atom. The molecule has 4 heterocycles. The predicted molar refractivity (Wildman–Crippen MR) is 129 cm³/mol. The average Bonchev–Trinajstić information content (AvgIpc) is 3.25. The van der Waals surface area contributed by atoms with Crippen LogP contribution in [0.1, 0.15) is 15.9 Å². The van der Waals surface area contributed by atoms with E-state index in [4.69, 9.17) is 0 Å². The van der Waals surface area contributed by atoms with Crippen LogP contribution >= 0.6 is 11.3 Å². The van der Waals surface area contributed by atoms with E-state index in [9.17, 15) is 4.79 Å². The molecule has 1 N–H and O–H groups in total. The molecule has 0 unspecified atom stereocenters. The molecule has 7 nitrogen and oxygen atoms in total. The number of hydrogen-bond acceptors (Lipinski definition) is 7. The number of pyridine rings is 1. The summed E-state index contributed by atoms with van der Waals surface area (Å²) in [5.74, 6) is 0.709. The molecule has 0 bridgehead atoms. The van der Waals surface area contributed by atoms with Crippen molar-refractivity contribution in [3.63, 3.8) is 0 Å². The molecule has 5 rings (SSSR count). The molecule has 0 atom stereocenters. The lowest BCUT2D eigenvalue weighted by atomic mass is 10.0. The maximum absolute atomic E-state index is 13.1. The number of aryl methyl sites for hydroxylation is 1. The zero-order valence-electron chi connectivity index (χ0n) is 18.1. The predicted octanol–water partition coefficient (Wildman–Crippen LogP) is 4.07. The molecule has 0 aliphatic carbocycles. The number of likely N-dealkylation sites (N-methyl/N-ethyl adjacent to an activating group) is 1. The zero-order valence-corrected chi connectivity index (χ0v) is 18.9. The van der Waals surface area contributed by atoms with E-state index in [-0.39, 0.29) is 5.91 Å². The van der Waals surface area contributed by atoms with Gasteiger partial charge in [-0.3, -0.25) is 14.8 Å². The molecule has 1 amide bonds. The van der Waals surface area contributed by atoms with Crippen molar-refractivity contribution in [3.05, 3.63) is 64.7 Å². The van der Waals surface area contributed by atoms with Gasteiger partial charge in [-0.05, 0) is 54.1 Å². The maximum atomic E-state index is 13.1. The van der Waals surface area contributed by atoms with Crippen LogP contribution in [0.5, 0.6) is 0 Å². The summed E-state index contributed by atoms with van der Waals surface area (Å²) < 4.78 is 0. The number of amides is 1. The zero-order chi connectivity index (χ0) is 22.1. The number of rotatable bonds is 4. The highest BCUT2D eigenvalue weighted by molar-refractivity contribution is 7.08. The van der Waals surface area contributed by atoms with Crippen LogP contribution in [0.2, 0.25) is 0 Å². The van der Waals surface area contributed by atoms with Crippen LogP contribution in [0.3, 0.4) is 0 Å². The molecule has 3 aromatic heterocycles. The van der Waals surface area contributed by atoms with Crippen molar-refractivity contribution >= 4 is 39.8 Å². The summed E-state index contributed by atoms with van der Waals surface area (Å²) in [5, 5.41) is 7.17. The number of carbonyl (C=O) groups excluding carboxylic acids is 1. The first-order chi connectivity index (χ1) is 15.6. The largest absolute Gasteiger partial charge is 0.354 e. The lowest BCUT2D eigenvalue weighted by molar-refractivity contribution is 0.102. The van der Waals surface area contributed by atoms with Gasteiger partial charge in [0.25, 0.3) is 5.91 Å². The highest BCUT2D eigenvalue weighted by Gasteiger charge is 2.18. The fourth-order valence-electron chi connectivity index (χ4n) is 3.97. The second-order valence-electron chi connectivity index (χ2n) is 8.03. The molecule has 1 fully saturated rings. The van der Waals surface area contributed by atoms with E-state index < -0.39 is 0 Å². The Balaban J connectivity index is 1.39. The molecular formula is C24H24N6OS. The van der Waals surface area contributed by atoms with Gasteiger partial charge in [-0.2, -0.15) is 11.3 Å². The van der Waals surface area contributed by atoms with Crippen LogP contribution < -0.4 is 10.2 Å². The van der Waals surface area contributed by atoms with Crippen molar-refractivity contribution in [3.8, 4) is 11.1 Å². The molecule has 1 aromatic carbocycles. The fourth-order valence-corrected chi connectivity index (χ4v) is 4.82. The minimum Gasteiger partial charge on any atom is -0.354 e. The SMILES string of the molecule is Cc1cscc1-c1ccc(C(=O)Nc2ccc(N3CCN(C)CC3)nc2)c2nccnc12. The molecule has 1 aliphatic heterocycles. The van der Waals surface area contributed by atoms with Gasteiger partial charge in [-0.1, -0.05) is 6.07 Å². The topological polar surface area (TPSA) is 74.2 Å². The summed E-state index contributed by atoms with van der Waals surface area (Å²) >= 11 is 1.65. The van der Waals surface area contributed by atoms with E-state index >= 15 is 0 Å². The van der Waals surface area contributed by atoms with E-state index in [0.29, 0.717) is 16.8 Å². The fraction of sp³-hybridized carbons (Fsp3) is 0.250. The lowest BCUT2D eigenvalue weighted by Crippen LogP contribution is -2.44. The van der Waals surface area contributed by atoms with Crippen molar-refractivity contribution in [2.24, 2.45) is 0 Å². The first kappa shape index (κ1) is 20.5. The first-order valence-corrected chi connectivity index (χ1v) is 11.5. The van der Waals surface area contributed by atoms with Gasteiger partial charge < -0.3 is 15.1 Å². The van der Waals surface area contributed by atoms with Crippen LogP contribution in [0.4, 0.5) is 11.5 Å². The van der Waals surface area contributed by atoms with Crippen molar-refractivity contribution in [1.29, 1.82) is 0 Å². The smallest absolute Gasteiger partial charge is 0.257 e. The van der Waals surface area contributed by atoms with E-state index in [2.05, 4.69) is 54.8 Å². The van der Waals surface area contributed by atoms with Crippen LogP contribution in [0.25, 0.3) is 22.2 Å². The number of nitrogens with one attached hydrogen (secondary N) is 1. The molecule has 8 heteroatoms. The number of nitrogens with zero attached hydrogens (tertiary/aromatic N) is 5. The van der Waals surface area contributed by atoms with Gasteiger partial charge in [0, 0.05) is 44.1 Å². The third-order valence-electron chi connectivity index (χ3n) is 5.85. The van der Waals surface area contributed by atoms with Gasteiger partial charge in [0.05, 0.1) is 23.0 Å². The summed E-state index contributed by atoms with van der Waals surface area (Å²) in [4.78, 5) is 31.2. The normalized spacial score (nSPS) is 14.6. The molecule has 0 spiro atoms. The second kappa shape index (κ2) is 8.64. The third kappa shape index (κ3) is 3.94. The van der Waals surface area contributed by atoms with Crippen LogP contribution in [0.15, 0.2) is 53.6 Å². The van der Waals surface area contributed by atoms with Gasteiger partial charge in [-0.15, -0.1) is 0 Å². The van der Waals surface area contributed by atoms with E-state index in [1.165, 1.54) is 5.56 Å². The Bertz CT molecular complexity index is 1260. The number of carbonyl (C=O) groups is 1. The first-order valence-electron chi connectivity index (χ1n) is 10.6. The van der Waals surface area contributed by atoms with E-state index in [0.717, 1.165) is 48.6 Å². The molecule has 162 valence electrons. The summed E-state index contributed by atoms with van der Waals surface area (Å²) in [6, 6.07) is 7.64. The Morgan fingerprint density at radius 1 is 0.938 bits per heavy atom. The molecular weight excluding hydrogens is 420 g/mol. The summed E-state index contributed by atoms with van der Waals surface area (Å²) in [7, 11) is 2.13. The maximum Gasteiger partial charge on any atom is 0.257 e. The Kier molecular flexibility index (Phi) is 5.55.